The van der Waals surface area contributed by atoms with Crippen LogP contribution in [-0.2, 0) is 0 Å². The molecule has 1 aromatic rings. The maximum absolute atomic E-state index is 13.6. The van der Waals surface area contributed by atoms with E-state index in [1.807, 2.05) is 13.1 Å². The van der Waals surface area contributed by atoms with Crippen molar-refractivity contribution in [3.05, 3.63) is 29.6 Å². The first-order chi connectivity index (χ1) is 9.51. The summed E-state index contributed by atoms with van der Waals surface area (Å²) in [6, 6.07) is 5.50. The summed E-state index contributed by atoms with van der Waals surface area (Å²) in [5.41, 5.74) is 0.659. The lowest BCUT2D eigenvalue weighted by Gasteiger charge is -2.37. The number of likely N-dealkylation sites (N-methyl/N-ethyl adjacent to an activating group) is 1. The Balaban J connectivity index is 2.09. The van der Waals surface area contributed by atoms with Crippen LogP contribution >= 0.6 is 0 Å². The van der Waals surface area contributed by atoms with Gasteiger partial charge in [-0.25, -0.2) is 4.39 Å². The van der Waals surface area contributed by atoms with Crippen LogP contribution in [0, 0.1) is 24.6 Å². The fourth-order valence-electron chi connectivity index (χ4n) is 3.05. The zero-order valence-corrected chi connectivity index (χ0v) is 12.9. The van der Waals surface area contributed by atoms with Gasteiger partial charge >= 0.3 is 0 Å². The molecule has 0 amide bonds. The highest BCUT2D eigenvalue weighted by Gasteiger charge is 2.32. The van der Waals surface area contributed by atoms with Gasteiger partial charge in [-0.05, 0) is 56.7 Å². The van der Waals surface area contributed by atoms with Crippen LogP contribution in [0.4, 0.5) is 4.39 Å². The third-order valence-corrected chi connectivity index (χ3v) is 4.58. The van der Waals surface area contributed by atoms with Gasteiger partial charge in [0.2, 0.25) is 0 Å². The van der Waals surface area contributed by atoms with E-state index in [0.717, 1.165) is 12.8 Å². The zero-order chi connectivity index (χ0) is 14.7. The highest BCUT2D eigenvalue weighted by Crippen LogP contribution is 2.32. The summed E-state index contributed by atoms with van der Waals surface area (Å²) < 4.78 is 19.7. The molecule has 1 saturated carbocycles. The second kappa shape index (κ2) is 6.57. The molecule has 1 aromatic carbocycles. The standard InChI is InChI=1S/C17H26FNO/c1-11(2)13-6-8-16(19-4)17(9-13)20-14-7-5-12(3)15(18)10-14/h5,7,10-11,13,16-17,19H,6,8-9H2,1-4H3. The van der Waals surface area contributed by atoms with Crippen LogP contribution in [0.2, 0.25) is 0 Å². The van der Waals surface area contributed by atoms with E-state index in [4.69, 9.17) is 4.74 Å². The number of ether oxygens (including phenoxy) is 1. The van der Waals surface area contributed by atoms with Gasteiger partial charge in [0, 0.05) is 12.1 Å². The van der Waals surface area contributed by atoms with Gasteiger partial charge in [-0.2, -0.15) is 0 Å². The van der Waals surface area contributed by atoms with Crippen LogP contribution in [0.25, 0.3) is 0 Å². The van der Waals surface area contributed by atoms with Gasteiger partial charge in [0.1, 0.15) is 17.7 Å². The van der Waals surface area contributed by atoms with Crippen molar-refractivity contribution < 1.29 is 9.13 Å². The van der Waals surface area contributed by atoms with E-state index in [1.54, 1.807) is 13.0 Å². The van der Waals surface area contributed by atoms with Gasteiger partial charge in [-0.1, -0.05) is 19.9 Å². The van der Waals surface area contributed by atoms with Crippen molar-refractivity contribution in [3.63, 3.8) is 0 Å². The Hall–Kier alpha value is -1.09. The first-order valence-corrected chi connectivity index (χ1v) is 7.61. The highest BCUT2D eigenvalue weighted by atomic mass is 19.1. The molecule has 0 bridgehead atoms. The minimum Gasteiger partial charge on any atom is -0.489 e. The number of hydrogen-bond donors (Lipinski definition) is 1. The molecule has 2 rings (SSSR count). The van der Waals surface area contributed by atoms with Crippen LogP contribution in [-0.4, -0.2) is 19.2 Å². The molecule has 0 saturated heterocycles. The van der Waals surface area contributed by atoms with E-state index in [1.165, 1.54) is 12.5 Å². The van der Waals surface area contributed by atoms with Gasteiger partial charge < -0.3 is 10.1 Å². The van der Waals surface area contributed by atoms with Crippen molar-refractivity contribution in [3.8, 4) is 5.75 Å². The Kier molecular flexibility index (Phi) is 5.03. The molecule has 3 heteroatoms. The molecule has 0 heterocycles. The lowest BCUT2D eigenvalue weighted by Crippen LogP contribution is -2.46. The Morgan fingerprint density at radius 1 is 1.30 bits per heavy atom. The van der Waals surface area contributed by atoms with Crippen molar-refractivity contribution in [2.45, 2.75) is 52.2 Å². The van der Waals surface area contributed by atoms with Crippen LogP contribution in [0.3, 0.4) is 0 Å². The monoisotopic (exact) mass is 279 g/mol. The van der Waals surface area contributed by atoms with E-state index >= 15 is 0 Å². The highest BCUT2D eigenvalue weighted by molar-refractivity contribution is 5.28. The summed E-state index contributed by atoms with van der Waals surface area (Å²) in [7, 11) is 1.98. The molecular formula is C17H26FNO. The summed E-state index contributed by atoms with van der Waals surface area (Å²) in [5, 5.41) is 3.34. The largest absolute Gasteiger partial charge is 0.489 e. The van der Waals surface area contributed by atoms with Crippen molar-refractivity contribution in [1.82, 2.24) is 5.32 Å². The SMILES string of the molecule is CNC1CCC(C(C)C)CC1Oc1ccc(C)c(F)c1. The van der Waals surface area contributed by atoms with Crippen molar-refractivity contribution in [2.24, 2.45) is 11.8 Å². The van der Waals surface area contributed by atoms with E-state index in [2.05, 4.69) is 19.2 Å². The van der Waals surface area contributed by atoms with Crippen molar-refractivity contribution in [1.29, 1.82) is 0 Å². The Bertz CT molecular complexity index is 447. The first kappa shape index (κ1) is 15.3. The second-order valence-electron chi connectivity index (χ2n) is 6.28. The molecule has 0 aliphatic heterocycles. The summed E-state index contributed by atoms with van der Waals surface area (Å²) in [4.78, 5) is 0. The van der Waals surface area contributed by atoms with Crippen LogP contribution in [0.15, 0.2) is 18.2 Å². The number of halogens is 1. The zero-order valence-electron chi connectivity index (χ0n) is 12.9. The smallest absolute Gasteiger partial charge is 0.129 e. The second-order valence-corrected chi connectivity index (χ2v) is 6.28. The summed E-state index contributed by atoms with van der Waals surface area (Å²) in [5.74, 6) is 1.82. The number of aryl methyl sites for hydroxylation is 1. The molecule has 0 radical (unpaired) electrons. The van der Waals surface area contributed by atoms with Gasteiger partial charge in [-0.15, -0.1) is 0 Å². The Morgan fingerprint density at radius 3 is 2.65 bits per heavy atom. The predicted octanol–water partition coefficient (Wildman–Crippen LogP) is 3.93. The van der Waals surface area contributed by atoms with Crippen LogP contribution < -0.4 is 10.1 Å². The topological polar surface area (TPSA) is 21.3 Å². The number of hydrogen-bond acceptors (Lipinski definition) is 2. The third kappa shape index (κ3) is 3.51. The third-order valence-electron chi connectivity index (χ3n) is 4.58. The molecule has 1 aliphatic rings. The Labute approximate surface area is 121 Å². The molecule has 1 aliphatic carbocycles. The molecule has 0 spiro atoms. The van der Waals surface area contributed by atoms with Crippen molar-refractivity contribution in [2.75, 3.05) is 7.05 Å². The van der Waals surface area contributed by atoms with E-state index in [-0.39, 0.29) is 11.9 Å². The maximum atomic E-state index is 13.6. The van der Waals surface area contributed by atoms with Gasteiger partial charge in [0.15, 0.2) is 0 Å². The Morgan fingerprint density at radius 2 is 2.05 bits per heavy atom. The summed E-state index contributed by atoms with van der Waals surface area (Å²) in [6.07, 6.45) is 3.53. The average molecular weight is 279 g/mol. The minimum atomic E-state index is -0.195. The number of rotatable bonds is 4. The molecule has 1 fully saturated rings. The van der Waals surface area contributed by atoms with Crippen LogP contribution in [0.5, 0.6) is 5.75 Å². The average Bonchev–Trinajstić information content (AvgIpc) is 2.42. The fourth-order valence-corrected chi connectivity index (χ4v) is 3.05. The lowest BCUT2D eigenvalue weighted by molar-refractivity contribution is 0.0747. The summed E-state index contributed by atoms with van der Waals surface area (Å²) in [6.45, 7) is 6.31. The predicted molar refractivity (Wildman–Crippen MR) is 80.6 cm³/mol. The summed E-state index contributed by atoms with van der Waals surface area (Å²) >= 11 is 0. The quantitative estimate of drug-likeness (QED) is 0.902. The molecule has 0 aromatic heterocycles. The van der Waals surface area contributed by atoms with E-state index in [0.29, 0.717) is 29.2 Å². The molecule has 2 nitrogen and oxygen atoms in total. The fraction of sp³-hybridized carbons (Fsp3) is 0.647. The van der Waals surface area contributed by atoms with E-state index < -0.39 is 0 Å². The van der Waals surface area contributed by atoms with Gasteiger partial charge in [-0.3, -0.25) is 0 Å². The van der Waals surface area contributed by atoms with Crippen LogP contribution in [0.1, 0.15) is 38.7 Å². The molecule has 3 unspecified atom stereocenters. The first-order valence-electron chi connectivity index (χ1n) is 7.61. The lowest BCUT2D eigenvalue weighted by atomic mass is 9.78. The van der Waals surface area contributed by atoms with E-state index in [9.17, 15) is 4.39 Å². The molecule has 3 atom stereocenters. The van der Waals surface area contributed by atoms with Crippen molar-refractivity contribution >= 4 is 0 Å². The minimum absolute atomic E-state index is 0.128. The number of benzene rings is 1. The number of nitrogens with one attached hydrogen (secondary N) is 1. The van der Waals surface area contributed by atoms with Gasteiger partial charge in [0.25, 0.3) is 0 Å². The maximum Gasteiger partial charge on any atom is 0.129 e. The molecule has 112 valence electrons. The van der Waals surface area contributed by atoms with Gasteiger partial charge in [0.05, 0.1) is 0 Å². The molecule has 20 heavy (non-hydrogen) atoms. The normalized spacial score (nSPS) is 26.8. The molecular weight excluding hydrogens is 253 g/mol. The molecule has 1 N–H and O–H groups in total.